The summed E-state index contributed by atoms with van der Waals surface area (Å²) < 4.78 is 69.2. The molecule has 1 unspecified atom stereocenters. The number of hydrogen-bond acceptors (Lipinski definition) is 7. The van der Waals surface area contributed by atoms with Gasteiger partial charge in [-0.3, -0.25) is 9.52 Å². The molecule has 10 nitrogen and oxygen atoms in total. The molecular formula is C26H29FN4O6S2. The Morgan fingerprint density at radius 2 is 1.90 bits per heavy atom. The number of rotatable bonds is 6. The SMILES string of the molecule is CCC1CCC[C@H]2[C@@H]1C(O)=C(C1=NS(=O)(=O)c3cc(NS(C)(=O)=O)ccc3N1)C(=O)N2Cc1ccc(F)cc1. The predicted molar refractivity (Wildman–Crippen MR) is 145 cm³/mol. The van der Waals surface area contributed by atoms with E-state index in [1.165, 1.54) is 24.3 Å². The van der Waals surface area contributed by atoms with Gasteiger partial charge in [-0.1, -0.05) is 31.9 Å². The summed E-state index contributed by atoms with van der Waals surface area (Å²) in [5.74, 6) is -1.80. The van der Waals surface area contributed by atoms with Crippen LogP contribution in [0.3, 0.4) is 0 Å². The summed E-state index contributed by atoms with van der Waals surface area (Å²) in [5.41, 5.74) is 0.615. The van der Waals surface area contributed by atoms with Crippen LogP contribution in [0.2, 0.25) is 0 Å². The number of benzene rings is 2. The highest BCUT2D eigenvalue weighted by Crippen LogP contribution is 2.44. The minimum atomic E-state index is -4.36. The van der Waals surface area contributed by atoms with Gasteiger partial charge in [-0.25, -0.2) is 12.8 Å². The van der Waals surface area contributed by atoms with Crippen molar-refractivity contribution in [1.29, 1.82) is 0 Å². The highest BCUT2D eigenvalue weighted by Gasteiger charge is 2.48. The average molecular weight is 577 g/mol. The molecule has 1 amide bonds. The number of halogens is 1. The summed E-state index contributed by atoms with van der Waals surface area (Å²) in [5, 5.41) is 14.4. The average Bonchev–Trinajstić information content (AvgIpc) is 2.86. The summed E-state index contributed by atoms with van der Waals surface area (Å²) in [6.45, 7) is 2.17. The summed E-state index contributed by atoms with van der Waals surface area (Å²) in [6, 6.07) is 9.40. The van der Waals surface area contributed by atoms with E-state index in [0.717, 1.165) is 31.6 Å². The first-order chi connectivity index (χ1) is 18.4. The number of amides is 1. The van der Waals surface area contributed by atoms with E-state index < -0.39 is 37.7 Å². The molecule has 2 heterocycles. The van der Waals surface area contributed by atoms with Crippen LogP contribution in [-0.2, 0) is 31.4 Å². The normalized spacial score (nSPS) is 24.4. The van der Waals surface area contributed by atoms with Crippen molar-refractivity contribution in [3.8, 4) is 0 Å². The molecule has 5 rings (SSSR count). The van der Waals surface area contributed by atoms with Crippen molar-refractivity contribution in [2.75, 3.05) is 16.3 Å². The number of anilines is 2. The molecule has 3 aliphatic rings. The van der Waals surface area contributed by atoms with Gasteiger partial charge in [0.25, 0.3) is 15.9 Å². The largest absolute Gasteiger partial charge is 0.511 e. The molecule has 13 heteroatoms. The zero-order valence-electron chi connectivity index (χ0n) is 21.4. The quantitative estimate of drug-likeness (QED) is 0.475. The number of fused-ring (bicyclic) bond motifs is 2. The van der Waals surface area contributed by atoms with Crippen molar-refractivity contribution in [3.63, 3.8) is 0 Å². The Labute approximate surface area is 226 Å². The number of nitrogens with one attached hydrogen (secondary N) is 2. The topological polar surface area (TPSA) is 145 Å². The molecule has 0 radical (unpaired) electrons. The van der Waals surface area contributed by atoms with Crippen LogP contribution in [0, 0.1) is 17.7 Å². The molecule has 3 atom stereocenters. The number of carbonyl (C=O) groups excluding carboxylic acids is 1. The summed E-state index contributed by atoms with van der Waals surface area (Å²) in [4.78, 5) is 15.3. The van der Waals surface area contributed by atoms with Crippen molar-refractivity contribution in [2.45, 2.75) is 50.1 Å². The molecule has 1 fully saturated rings. The van der Waals surface area contributed by atoms with Crippen LogP contribution in [0.5, 0.6) is 0 Å². The lowest BCUT2D eigenvalue weighted by molar-refractivity contribution is -0.134. The van der Waals surface area contributed by atoms with Crippen LogP contribution in [-0.4, -0.2) is 50.9 Å². The van der Waals surface area contributed by atoms with Gasteiger partial charge in [-0.05, 0) is 54.7 Å². The lowest BCUT2D eigenvalue weighted by Crippen LogP contribution is -2.54. The van der Waals surface area contributed by atoms with Gasteiger partial charge in [0.05, 0.1) is 11.9 Å². The Kier molecular flexibility index (Phi) is 6.91. The molecule has 39 heavy (non-hydrogen) atoms. The van der Waals surface area contributed by atoms with Crippen molar-refractivity contribution in [3.05, 3.63) is 65.2 Å². The van der Waals surface area contributed by atoms with Crippen LogP contribution in [0.1, 0.15) is 38.2 Å². The predicted octanol–water partition coefficient (Wildman–Crippen LogP) is 3.76. The molecule has 1 saturated carbocycles. The van der Waals surface area contributed by atoms with E-state index in [1.54, 1.807) is 17.0 Å². The van der Waals surface area contributed by atoms with E-state index in [2.05, 4.69) is 14.4 Å². The smallest absolute Gasteiger partial charge is 0.286 e. The Morgan fingerprint density at radius 3 is 2.56 bits per heavy atom. The third kappa shape index (κ3) is 5.24. The van der Waals surface area contributed by atoms with Gasteiger partial charge in [0, 0.05) is 24.2 Å². The van der Waals surface area contributed by atoms with Crippen molar-refractivity contribution >= 4 is 43.2 Å². The molecular weight excluding hydrogens is 547 g/mol. The number of aliphatic hydroxyl groups excluding tert-OH is 1. The maximum absolute atomic E-state index is 13.9. The van der Waals surface area contributed by atoms with E-state index in [9.17, 15) is 31.1 Å². The standard InChI is InChI=1S/C26H29FN4O6S2/c1-3-16-5-4-6-20-22(16)24(32)23(26(33)31(20)14-15-7-9-17(27)10-8-15)25-28-19-12-11-18(29-38(2,34)35)13-21(19)39(36,37)30-25/h7-13,16,20,22,29,32H,3-6,14H2,1-2H3,(H,28,30)/t16?,20-,22+/m0/s1. The fourth-order valence-electron chi connectivity index (χ4n) is 5.79. The molecule has 1 aliphatic carbocycles. The van der Waals surface area contributed by atoms with Crippen molar-refractivity contribution < 1.29 is 31.1 Å². The lowest BCUT2D eigenvalue weighted by Gasteiger charge is -2.47. The fourth-order valence-corrected chi connectivity index (χ4v) is 7.49. The third-order valence-corrected chi connectivity index (χ3v) is 9.42. The van der Waals surface area contributed by atoms with Crippen LogP contribution < -0.4 is 10.0 Å². The molecule has 2 aliphatic heterocycles. The first-order valence-corrected chi connectivity index (χ1v) is 15.9. The fraction of sp³-hybridized carbons (Fsp3) is 0.385. The number of aliphatic hydroxyl groups is 1. The van der Waals surface area contributed by atoms with Crippen LogP contribution in [0.25, 0.3) is 0 Å². The maximum atomic E-state index is 13.9. The Bertz CT molecular complexity index is 1600. The van der Waals surface area contributed by atoms with Crippen molar-refractivity contribution in [2.24, 2.45) is 16.2 Å². The number of sulfonamides is 2. The Morgan fingerprint density at radius 1 is 1.18 bits per heavy atom. The number of hydrogen-bond donors (Lipinski definition) is 3. The first-order valence-electron chi connectivity index (χ1n) is 12.6. The number of nitrogens with zero attached hydrogens (tertiary/aromatic N) is 2. The van der Waals surface area contributed by atoms with Crippen LogP contribution in [0.15, 0.2) is 63.1 Å². The van der Waals surface area contributed by atoms with E-state index in [1.807, 2.05) is 6.92 Å². The maximum Gasteiger partial charge on any atom is 0.286 e. The zero-order valence-corrected chi connectivity index (χ0v) is 23.0. The van der Waals surface area contributed by atoms with E-state index >= 15 is 0 Å². The molecule has 0 spiro atoms. The number of amidine groups is 1. The Hall–Kier alpha value is -3.45. The Balaban J connectivity index is 1.58. The second kappa shape index (κ2) is 9.94. The zero-order chi connectivity index (χ0) is 28.1. The van der Waals surface area contributed by atoms with Gasteiger partial charge < -0.3 is 15.3 Å². The first kappa shape index (κ1) is 27.1. The number of carbonyl (C=O) groups is 1. The molecule has 0 bridgehead atoms. The van der Waals surface area contributed by atoms with Crippen LogP contribution >= 0.6 is 0 Å². The summed E-state index contributed by atoms with van der Waals surface area (Å²) in [7, 11) is -8.01. The molecule has 0 saturated heterocycles. The second-order valence-corrected chi connectivity index (χ2v) is 13.5. The molecule has 0 aromatic heterocycles. The lowest BCUT2D eigenvalue weighted by atomic mass is 9.70. The van der Waals surface area contributed by atoms with E-state index in [-0.39, 0.29) is 51.9 Å². The minimum Gasteiger partial charge on any atom is -0.511 e. The molecule has 208 valence electrons. The van der Waals surface area contributed by atoms with Gasteiger partial charge in [-0.2, -0.15) is 8.42 Å². The second-order valence-electron chi connectivity index (χ2n) is 10.1. The monoisotopic (exact) mass is 576 g/mol. The van der Waals surface area contributed by atoms with Gasteiger partial charge >= 0.3 is 0 Å². The van der Waals surface area contributed by atoms with Crippen molar-refractivity contribution in [1.82, 2.24) is 4.90 Å². The highest BCUT2D eigenvalue weighted by molar-refractivity contribution is 7.92. The van der Waals surface area contributed by atoms with E-state index in [0.29, 0.717) is 12.0 Å². The van der Waals surface area contributed by atoms with Gasteiger partial charge in [0.1, 0.15) is 22.0 Å². The van der Waals surface area contributed by atoms with Crippen LogP contribution in [0.4, 0.5) is 15.8 Å². The van der Waals surface area contributed by atoms with Gasteiger partial charge in [0.15, 0.2) is 5.84 Å². The molecule has 2 aromatic rings. The summed E-state index contributed by atoms with van der Waals surface area (Å²) >= 11 is 0. The molecule has 2 aromatic carbocycles. The summed E-state index contributed by atoms with van der Waals surface area (Å²) in [6.07, 6.45) is 4.10. The highest BCUT2D eigenvalue weighted by atomic mass is 32.2. The van der Waals surface area contributed by atoms with Gasteiger partial charge in [0.2, 0.25) is 10.0 Å². The molecule has 3 N–H and O–H groups in total. The minimum absolute atomic E-state index is 0.0392. The van der Waals surface area contributed by atoms with E-state index in [4.69, 9.17) is 0 Å². The van der Waals surface area contributed by atoms with Gasteiger partial charge in [-0.15, -0.1) is 4.40 Å². The third-order valence-electron chi connectivity index (χ3n) is 7.50.